The molecular weight excluding hydrogens is 374 g/mol. The summed E-state index contributed by atoms with van der Waals surface area (Å²) in [5, 5.41) is 6.78. The van der Waals surface area contributed by atoms with E-state index in [0.29, 0.717) is 47.5 Å². The number of carbonyl (C=O) groups excluding carboxylic acids is 1. The van der Waals surface area contributed by atoms with Crippen molar-refractivity contribution in [3.8, 4) is 17.2 Å². The lowest BCUT2D eigenvalue weighted by Crippen LogP contribution is -2.30. The molecule has 0 bridgehead atoms. The Kier molecular flexibility index (Phi) is 5.24. The first kappa shape index (κ1) is 18.7. The molecule has 0 spiro atoms. The van der Waals surface area contributed by atoms with Crippen LogP contribution in [0.3, 0.4) is 0 Å². The molecule has 0 fully saturated rings. The van der Waals surface area contributed by atoms with Crippen molar-refractivity contribution in [2.45, 2.75) is 20.1 Å². The van der Waals surface area contributed by atoms with Gasteiger partial charge in [-0.15, -0.1) is 0 Å². The number of carbonyl (C=O) groups is 1. The number of aryl methyl sites for hydroxylation is 1. The summed E-state index contributed by atoms with van der Waals surface area (Å²) in [7, 11) is 1.70. The molecule has 0 atom stereocenters. The van der Waals surface area contributed by atoms with Crippen molar-refractivity contribution in [1.82, 2.24) is 10.1 Å². The van der Waals surface area contributed by atoms with E-state index in [2.05, 4.69) is 10.5 Å². The number of nitrogens with one attached hydrogen (secondary N) is 1. The van der Waals surface area contributed by atoms with Crippen molar-refractivity contribution in [3.63, 3.8) is 0 Å². The van der Waals surface area contributed by atoms with Gasteiger partial charge in [0.1, 0.15) is 23.8 Å². The van der Waals surface area contributed by atoms with Crippen LogP contribution in [0, 0.1) is 6.92 Å². The monoisotopic (exact) mass is 395 g/mol. The standard InChI is InChI=1S/C21H21N3O5/c1-14-8-17(23-29-14)11-24(2)21(25)22-16-5-3-4-15(9-16)12-26-18-6-7-19-20(10-18)28-13-27-19/h3-10H,11-13H2,1-2H3,(H,22,25). The molecule has 8 nitrogen and oxygen atoms in total. The Morgan fingerprint density at radius 2 is 2.03 bits per heavy atom. The number of nitrogens with zero attached hydrogens (tertiary/aromatic N) is 2. The smallest absolute Gasteiger partial charge is 0.321 e. The van der Waals surface area contributed by atoms with Crippen LogP contribution in [0.1, 0.15) is 17.0 Å². The molecule has 8 heteroatoms. The van der Waals surface area contributed by atoms with Gasteiger partial charge in [0.15, 0.2) is 11.5 Å². The van der Waals surface area contributed by atoms with Crippen molar-refractivity contribution >= 4 is 11.7 Å². The highest BCUT2D eigenvalue weighted by Crippen LogP contribution is 2.35. The Labute approximate surface area is 168 Å². The van der Waals surface area contributed by atoms with Crippen LogP contribution in [0.5, 0.6) is 17.2 Å². The predicted octanol–water partition coefficient (Wildman–Crippen LogP) is 3.95. The largest absolute Gasteiger partial charge is 0.489 e. The van der Waals surface area contributed by atoms with Crippen molar-refractivity contribution in [1.29, 1.82) is 0 Å². The summed E-state index contributed by atoms with van der Waals surface area (Å²) in [6, 6.07) is 14.5. The van der Waals surface area contributed by atoms with E-state index in [1.165, 1.54) is 4.90 Å². The van der Waals surface area contributed by atoms with Gasteiger partial charge in [-0.3, -0.25) is 0 Å². The third kappa shape index (κ3) is 4.60. The number of urea groups is 1. The van der Waals surface area contributed by atoms with Crippen LogP contribution in [-0.4, -0.2) is 29.9 Å². The van der Waals surface area contributed by atoms with Crippen LogP contribution < -0.4 is 19.5 Å². The fraction of sp³-hybridized carbons (Fsp3) is 0.238. The van der Waals surface area contributed by atoms with E-state index >= 15 is 0 Å². The van der Waals surface area contributed by atoms with Gasteiger partial charge in [-0.1, -0.05) is 17.3 Å². The fourth-order valence-electron chi connectivity index (χ4n) is 2.90. The molecule has 1 aromatic heterocycles. The minimum atomic E-state index is -0.237. The predicted molar refractivity (Wildman–Crippen MR) is 105 cm³/mol. The minimum absolute atomic E-state index is 0.227. The topological polar surface area (TPSA) is 86.1 Å². The number of fused-ring (bicyclic) bond motifs is 1. The summed E-state index contributed by atoms with van der Waals surface area (Å²) in [6.07, 6.45) is 0. The van der Waals surface area contributed by atoms with Gasteiger partial charge in [-0.25, -0.2) is 4.79 Å². The highest BCUT2D eigenvalue weighted by molar-refractivity contribution is 5.89. The molecule has 0 saturated heterocycles. The molecule has 1 aliphatic rings. The van der Waals surface area contributed by atoms with Crippen LogP contribution >= 0.6 is 0 Å². The summed E-state index contributed by atoms with van der Waals surface area (Å²) >= 11 is 0. The molecule has 2 heterocycles. The van der Waals surface area contributed by atoms with Gasteiger partial charge in [0.2, 0.25) is 6.79 Å². The minimum Gasteiger partial charge on any atom is -0.489 e. The summed E-state index contributed by atoms with van der Waals surface area (Å²) in [6.45, 7) is 2.76. The summed E-state index contributed by atoms with van der Waals surface area (Å²) in [5.41, 5.74) is 2.31. The third-order valence-corrected chi connectivity index (χ3v) is 4.35. The second-order valence-corrected chi connectivity index (χ2v) is 6.72. The molecule has 150 valence electrons. The average molecular weight is 395 g/mol. The van der Waals surface area contributed by atoms with Crippen LogP contribution in [0.4, 0.5) is 10.5 Å². The van der Waals surface area contributed by atoms with Gasteiger partial charge >= 0.3 is 6.03 Å². The number of aromatic nitrogens is 1. The maximum absolute atomic E-state index is 12.4. The molecule has 0 aliphatic carbocycles. The Bertz CT molecular complexity index is 1020. The lowest BCUT2D eigenvalue weighted by Gasteiger charge is -2.17. The summed E-state index contributed by atoms with van der Waals surface area (Å²) in [5.74, 6) is 2.79. The van der Waals surface area contributed by atoms with E-state index in [1.807, 2.05) is 43.3 Å². The summed E-state index contributed by atoms with van der Waals surface area (Å²) in [4.78, 5) is 14.0. The van der Waals surface area contributed by atoms with Crippen LogP contribution in [0.25, 0.3) is 0 Å². The maximum Gasteiger partial charge on any atom is 0.321 e. The Balaban J connectivity index is 1.33. The zero-order valence-electron chi connectivity index (χ0n) is 16.2. The summed E-state index contributed by atoms with van der Waals surface area (Å²) < 4.78 is 21.5. The van der Waals surface area contributed by atoms with E-state index in [0.717, 1.165) is 5.56 Å². The van der Waals surface area contributed by atoms with Crippen LogP contribution in [-0.2, 0) is 13.2 Å². The van der Waals surface area contributed by atoms with Crippen LogP contribution in [0.15, 0.2) is 53.1 Å². The van der Waals surface area contributed by atoms with Crippen molar-refractivity contribution in [3.05, 3.63) is 65.5 Å². The zero-order valence-corrected chi connectivity index (χ0v) is 16.2. The number of benzene rings is 2. The second kappa shape index (κ2) is 8.14. The number of hydrogen-bond acceptors (Lipinski definition) is 6. The van der Waals surface area contributed by atoms with E-state index in [4.69, 9.17) is 18.7 Å². The van der Waals surface area contributed by atoms with Crippen molar-refractivity contribution in [2.75, 3.05) is 19.2 Å². The second-order valence-electron chi connectivity index (χ2n) is 6.72. The van der Waals surface area contributed by atoms with Crippen LogP contribution in [0.2, 0.25) is 0 Å². The third-order valence-electron chi connectivity index (χ3n) is 4.35. The molecule has 2 amide bonds. The molecular formula is C21H21N3O5. The Hall–Kier alpha value is -3.68. The highest BCUT2D eigenvalue weighted by atomic mass is 16.7. The lowest BCUT2D eigenvalue weighted by atomic mass is 10.2. The molecule has 4 rings (SSSR count). The molecule has 3 aromatic rings. The van der Waals surface area contributed by atoms with Gasteiger partial charge in [0.25, 0.3) is 0 Å². The fourth-order valence-corrected chi connectivity index (χ4v) is 2.90. The number of amides is 2. The first-order valence-electron chi connectivity index (χ1n) is 9.12. The molecule has 1 N–H and O–H groups in total. The van der Waals surface area contributed by atoms with E-state index in [1.54, 1.807) is 19.2 Å². The van der Waals surface area contributed by atoms with E-state index in [9.17, 15) is 4.79 Å². The van der Waals surface area contributed by atoms with Gasteiger partial charge in [-0.05, 0) is 36.8 Å². The SMILES string of the molecule is Cc1cc(CN(C)C(=O)Nc2cccc(COc3ccc4c(c3)OCO4)c2)no1. The van der Waals surface area contributed by atoms with Crippen molar-refractivity contribution in [2.24, 2.45) is 0 Å². The highest BCUT2D eigenvalue weighted by Gasteiger charge is 2.14. The normalized spacial score (nSPS) is 11.9. The number of rotatable bonds is 6. The first-order chi connectivity index (χ1) is 14.1. The Morgan fingerprint density at radius 3 is 2.86 bits per heavy atom. The van der Waals surface area contributed by atoms with E-state index < -0.39 is 0 Å². The molecule has 0 radical (unpaired) electrons. The number of ether oxygens (including phenoxy) is 3. The quantitative estimate of drug-likeness (QED) is 0.680. The Morgan fingerprint density at radius 1 is 1.17 bits per heavy atom. The first-order valence-corrected chi connectivity index (χ1v) is 9.12. The molecule has 0 saturated carbocycles. The van der Waals surface area contributed by atoms with Gasteiger partial charge < -0.3 is 29.0 Å². The maximum atomic E-state index is 12.4. The van der Waals surface area contributed by atoms with Gasteiger partial charge in [-0.2, -0.15) is 0 Å². The molecule has 0 unspecified atom stereocenters. The average Bonchev–Trinajstić information content (AvgIpc) is 3.34. The van der Waals surface area contributed by atoms with Gasteiger partial charge in [0.05, 0.1) is 6.54 Å². The molecule has 2 aromatic carbocycles. The number of hydrogen-bond donors (Lipinski definition) is 1. The molecule has 29 heavy (non-hydrogen) atoms. The van der Waals surface area contributed by atoms with Gasteiger partial charge in [0, 0.05) is 24.9 Å². The number of anilines is 1. The van der Waals surface area contributed by atoms with Crippen molar-refractivity contribution < 1.29 is 23.5 Å². The van der Waals surface area contributed by atoms with E-state index in [-0.39, 0.29) is 12.8 Å². The lowest BCUT2D eigenvalue weighted by molar-refractivity contribution is 0.173. The zero-order chi connectivity index (χ0) is 20.2. The molecule has 1 aliphatic heterocycles.